The second kappa shape index (κ2) is 11.3. The highest BCUT2D eigenvalue weighted by atomic mass is 32.2. The van der Waals surface area contributed by atoms with Gasteiger partial charge in [0.25, 0.3) is 0 Å². The van der Waals surface area contributed by atoms with E-state index in [9.17, 15) is 10.1 Å². The summed E-state index contributed by atoms with van der Waals surface area (Å²) in [6.07, 6.45) is 4.68. The van der Waals surface area contributed by atoms with E-state index in [4.69, 9.17) is 4.74 Å². The molecule has 2 heterocycles. The number of fused-ring (bicyclic) bond motifs is 1. The van der Waals surface area contributed by atoms with Crippen LogP contribution >= 0.6 is 23.1 Å². The molecule has 1 amide bonds. The highest BCUT2D eigenvalue weighted by Crippen LogP contribution is 2.44. The third-order valence-electron chi connectivity index (χ3n) is 6.40. The largest absolute Gasteiger partial charge is 0.486 e. The highest BCUT2D eigenvalue weighted by molar-refractivity contribution is 7.99. The first-order valence-electron chi connectivity index (χ1n) is 12.0. The molecule has 0 unspecified atom stereocenters. The molecule has 7 nitrogen and oxygen atoms in total. The highest BCUT2D eigenvalue weighted by Gasteiger charge is 2.32. The fraction of sp³-hybridized carbons (Fsp3) is 0.407. The number of thioether (sulfide) groups is 1. The van der Waals surface area contributed by atoms with Crippen molar-refractivity contribution in [1.29, 1.82) is 5.26 Å². The quantitative estimate of drug-likeness (QED) is 0.280. The number of ether oxygens (including phenoxy) is 1. The summed E-state index contributed by atoms with van der Waals surface area (Å²) in [5.41, 5.74) is 1.96. The second-order valence-corrected chi connectivity index (χ2v) is 11.9. The molecule has 3 aromatic rings. The minimum Gasteiger partial charge on any atom is -0.486 e. The van der Waals surface area contributed by atoms with Crippen LogP contribution in [0, 0.1) is 22.7 Å². The van der Waals surface area contributed by atoms with Crippen LogP contribution < -0.4 is 10.1 Å². The first kappa shape index (κ1) is 26.0. The van der Waals surface area contributed by atoms with E-state index >= 15 is 0 Å². The molecule has 0 saturated carbocycles. The number of carbonyl (C=O) groups excluding carboxylic acids is 1. The molecule has 36 heavy (non-hydrogen) atoms. The summed E-state index contributed by atoms with van der Waals surface area (Å²) in [6, 6.07) is 11.9. The Morgan fingerprint density at radius 2 is 2.14 bits per heavy atom. The normalized spacial score (nSPS) is 15.1. The van der Waals surface area contributed by atoms with Gasteiger partial charge >= 0.3 is 0 Å². The van der Waals surface area contributed by atoms with E-state index in [0.29, 0.717) is 34.0 Å². The molecule has 0 spiro atoms. The van der Waals surface area contributed by atoms with Crippen LogP contribution in [-0.4, -0.2) is 26.4 Å². The predicted octanol–water partition coefficient (Wildman–Crippen LogP) is 5.86. The summed E-state index contributed by atoms with van der Waals surface area (Å²) in [6.45, 7) is 11.4. The minimum absolute atomic E-state index is 0.160. The minimum atomic E-state index is -0.169. The van der Waals surface area contributed by atoms with Crippen LogP contribution in [0.1, 0.15) is 49.0 Å². The van der Waals surface area contributed by atoms with Crippen molar-refractivity contribution in [2.24, 2.45) is 11.3 Å². The SMILES string of the molecule is C=CCn1c(COc2ccccc2)nnc1SCC(=O)Nc1sc2c(c1C#N)CC[C@H](C(C)(C)C)C2. The lowest BCUT2D eigenvalue weighted by Crippen LogP contribution is -2.26. The van der Waals surface area contributed by atoms with Crippen LogP contribution in [-0.2, 0) is 30.8 Å². The Bertz CT molecular complexity index is 1270. The maximum atomic E-state index is 12.8. The number of para-hydroxylation sites is 1. The van der Waals surface area contributed by atoms with E-state index in [1.54, 1.807) is 17.4 Å². The first-order valence-corrected chi connectivity index (χ1v) is 13.8. The molecule has 1 aliphatic carbocycles. The first-order chi connectivity index (χ1) is 17.3. The summed E-state index contributed by atoms with van der Waals surface area (Å²) in [5, 5.41) is 22.6. The number of carbonyl (C=O) groups is 1. The van der Waals surface area contributed by atoms with Gasteiger partial charge in [-0.25, -0.2) is 0 Å². The lowest BCUT2D eigenvalue weighted by Gasteiger charge is -2.33. The van der Waals surface area contributed by atoms with Crippen molar-refractivity contribution in [1.82, 2.24) is 14.8 Å². The van der Waals surface area contributed by atoms with Gasteiger partial charge in [-0.3, -0.25) is 9.36 Å². The smallest absolute Gasteiger partial charge is 0.235 e. The molecule has 0 bridgehead atoms. The van der Waals surface area contributed by atoms with Crippen molar-refractivity contribution in [3.05, 3.63) is 64.8 Å². The van der Waals surface area contributed by atoms with Crippen molar-refractivity contribution in [2.75, 3.05) is 11.1 Å². The summed E-state index contributed by atoms with van der Waals surface area (Å²) in [7, 11) is 0. The standard InChI is InChI=1S/C27H31N5O2S2/c1-5-13-32-23(16-34-19-9-7-6-8-10-19)30-31-26(32)35-17-24(33)29-25-21(15-28)20-12-11-18(27(2,3)4)14-22(20)36-25/h5-10,18H,1,11-14,16-17H2,2-4H3,(H,29,33)/t18-/m0/s1. The Balaban J connectivity index is 1.40. The van der Waals surface area contributed by atoms with Gasteiger partial charge in [-0.15, -0.1) is 28.1 Å². The van der Waals surface area contributed by atoms with Crippen LogP contribution in [0.15, 0.2) is 48.1 Å². The third-order valence-corrected chi connectivity index (χ3v) is 8.54. The molecule has 1 aromatic carbocycles. The zero-order chi connectivity index (χ0) is 25.7. The molecule has 0 radical (unpaired) electrons. The van der Waals surface area contributed by atoms with Crippen molar-refractivity contribution >= 4 is 34.0 Å². The predicted molar refractivity (Wildman–Crippen MR) is 144 cm³/mol. The summed E-state index contributed by atoms with van der Waals surface area (Å²) in [5.74, 6) is 1.98. The van der Waals surface area contributed by atoms with Crippen molar-refractivity contribution < 1.29 is 9.53 Å². The number of rotatable bonds is 9. The zero-order valence-corrected chi connectivity index (χ0v) is 22.5. The molecule has 1 N–H and O–H groups in total. The van der Waals surface area contributed by atoms with Crippen LogP contribution in [0.3, 0.4) is 0 Å². The van der Waals surface area contributed by atoms with E-state index in [-0.39, 0.29) is 23.7 Å². The Morgan fingerprint density at radius 3 is 2.83 bits per heavy atom. The van der Waals surface area contributed by atoms with Gasteiger partial charge in [-0.05, 0) is 48.3 Å². The summed E-state index contributed by atoms with van der Waals surface area (Å²) < 4.78 is 7.71. The number of amides is 1. The number of nitrogens with one attached hydrogen (secondary N) is 1. The molecule has 4 rings (SSSR count). The molecule has 0 aliphatic heterocycles. The lowest BCUT2D eigenvalue weighted by molar-refractivity contribution is -0.113. The number of aromatic nitrogens is 3. The van der Waals surface area contributed by atoms with Gasteiger partial charge in [0.05, 0.1) is 11.3 Å². The van der Waals surface area contributed by atoms with Gasteiger partial charge in [-0.2, -0.15) is 5.26 Å². The number of hydrogen-bond acceptors (Lipinski definition) is 7. The molecule has 2 aromatic heterocycles. The number of anilines is 1. The van der Waals surface area contributed by atoms with E-state index in [0.717, 1.165) is 30.6 Å². The van der Waals surface area contributed by atoms with Crippen LogP contribution in [0.4, 0.5) is 5.00 Å². The van der Waals surface area contributed by atoms with Crippen LogP contribution in [0.2, 0.25) is 0 Å². The Labute approximate surface area is 220 Å². The maximum Gasteiger partial charge on any atom is 0.235 e. The van der Waals surface area contributed by atoms with Crippen molar-refractivity contribution in [2.45, 2.75) is 58.3 Å². The van der Waals surface area contributed by atoms with E-state index < -0.39 is 0 Å². The molecule has 1 atom stereocenters. The summed E-state index contributed by atoms with van der Waals surface area (Å²) >= 11 is 2.85. The van der Waals surface area contributed by atoms with Gasteiger partial charge in [0.2, 0.25) is 5.91 Å². The van der Waals surface area contributed by atoms with Gasteiger partial charge in [0.15, 0.2) is 11.0 Å². The molecule has 1 aliphatic rings. The maximum absolute atomic E-state index is 12.8. The number of thiophene rings is 1. The summed E-state index contributed by atoms with van der Waals surface area (Å²) in [4.78, 5) is 14.1. The van der Waals surface area contributed by atoms with Gasteiger partial charge in [0, 0.05) is 11.4 Å². The van der Waals surface area contributed by atoms with Crippen LogP contribution in [0.5, 0.6) is 5.75 Å². The Morgan fingerprint density at radius 1 is 1.36 bits per heavy atom. The van der Waals surface area contributed by atoms with Gasteiger partial charge in [0.1, 0.15) is 23.4 Å². The molecule has 0 saturated heterocycles. The average Bonchev–Trinajstić information content (AvgIpc) is 3.41. The fourth-order valence-corrected chi connectivity index (χ4v) is 6.39. The van der Waals surface area contributed by atoms with E-state index in [2.05, 4.69) is 48.9 Å². The molecular weight excluding hydrogens is 490 g/mol. The lowest BCUT2D eigenvalue weighted by atomic mass is 9.72. The monoisotopic (exact) mass is 521 g/mol. The van der Waals surface area contributed by atoms with Crippen molar-refractivity contribution in [3.8, 4) is 11.8 Å². The number of benzene rings is 1. The Kier molecular flexibility index (Phi) is 8.17. The van der Waals surface area contributed by atoms with E-state index in [1.165, 1.54) is 16.6 Å². The second-order valence-electron chi connectivity index (χ2n) is 9.86. The van der Waals surface area contributed by atoms with Crippen molar-refractivity contribution in [3.63, 3.8) is 0 Å². The average molecular weight is 522 g/mol. The molecule has 9 heteroatoms. The van der Waals surface area contributed by atoms with Gasteiger partial charge in [-0.1, -0.05) is 56.8 Å². The number of hydrogen-bond donors (Lipinski definition) is 1. The molecular formula is C27H31N5O2S2. The molecule has 0 fully saturated rings. The van der Waals surface area contributed by atoms with E-state index in [1.807, 2.05) is 34.9 Å². The Hall–Kier alpha value is -3.09. The zero-order valence-electron chi connectivity index (χ0n) is 20.9. The number of nitriles is 1. The topological polar surface area (TPSA) is 92.8 Å². The third kappa shape index (κ3) is 6.00. The van der Waals surface area contributed by atoms with Crippen LogP contribution in [0.25, 0.3) is 0 Å². The fourth-order valence-electron chi connectivity index (χ4n) is 4.33. The number of allylic oxidation sites excluding steroid dienone is 1. The number of nitrogens with zero attached hydrogens (tertiary/aromatic N) is 4. The molecule has 188 valence electrons. The van der Waals surface area contributed by atoms with Gasteiger partial charge < -0.3 is 10.1 Å².